The minimum atomic E-state index is 0.844. The molecule has 0 amide bonds. The second kappa shape index (κ2) is 10.1. The van der Waals surface area contributed by atoms with Crippen LogP contribution in [0.2, 0.25) is 0 Å². The highest BCUT2D eigenvalue weighted by Crippen LogP contribution is 2.43. The number of hydrogen-bond acceptors (Lipinski definition) is 0. The molecule has 1 aromatic carbocycles. The van der Waals surface area contributed by atoms with E-state index in [0.29, 0.717) is 0 Å². The molecule has 0 saturated heterocycles. The summed E-state index contributed by atoms with van der Waals surface area (Å²) in [5.41, 5.74) is 3.39. The molecule has 0 aromatic heterocycles. The molecule has 0 nitrogen and oxygen atoms in total. The van der Waals surface area contributed by atoms with Gasteiger partial charge < -0.3 is 0 Å². The largest absolute Gasteiger partial charge is 0.0654 e. The van der Waals surface area contributed by atoms with Gasteiger partial charge in [-0.3, -0.25) is 0 Å². The lowest BCUT2D eigenvalue weighted by Crippen LogP contribution is -2.14. The molecule has 0 heterocycles. The van der Waals surface area contributed by atoms with Crippen molar-refractivity contribution in [2.45, 2.75) is 103 Å². The fraction of sp³-hybridized carbons (Fsp3) is 0.727. The standard InChI is InChI=1S/C22H36/c1-3-5-7-8-9-10-14-20-18-17-19(13-6-4-2)21-15-11-12-16-22(20)21/h11-12,15-16,19-20H,3-10,13-14,17-18H2,1-2H3. The van der Waals surface area contributed by atoms with E-state index in [1.54, 1.807) is 11.1 Å². The summed E-state index contributed by atoms with van der Waals surface area (Å²) in [7, 11) is 0. The monoisotopic (exact) mass is 300 g/mol. The van der Waals surface area contributed by atoms with Gasteiger partial charge in [0.15, 0.2) is 0 Å². The van der Waals surface area contributed by atoms with Gasteiger partial charge in [0.05, 0.1) is 0 Å². The third kappa shape index (κ3) is 5.14. The molecular weight excluding hydrogens is 264 g/mol. The molecule has 0 aliphatic heterocycles. The first-order valence-corrected chi connectivity index (χ1v) is 9.95. The van der Waals surface area contributed by atoms with Crippen LogP contribution in [-0.2, 0) is 0 Å². The van der Waals surface area contributed by atoms with Gasteiger partial charge in [-0.2, -0.15) is 0 Å². The minimum absolute atomic E-state index is 0.844. The molecular formula is C22H36. The van der Waals surface area contributed by atoms with Crippen molar-refractivity contribution in [1.82, 2.24) is 0 Å². The summed E-state index contributed by atoms with van der Waals surface area (Å²) in [6.45, 7) is 4.62. The van der Waals surface area contributed by atoms with E-state index in [4.69, 9.17) is 0 Å². The third-order valence-corrected chi connectivity index (χ3v) is 5.55. The highest BCUT2D eigenvalue weighted by atomic mass is 14.3. The molecule has 2 unspecified atom stereocenters. The van der Waals surface area contributed by atoms with E-state index in [2.05, 4.69) is 38.1 Å². The van der Waals surface area contributed by atoms with E-state index in [-0.39, 0.29) is 0 Å². The van der Waals surface area contributed by atoms with Gasteiger partial charge in [-0.15, -0.1) is 0 Å². The summed E-state index contributed by atoms with van der Waals surface area (Å²) in [4.78, 5) is 0. The summed E-state index contributed by atoms with van der Waals surface area (Å²) in [5, 5.41) is 0. The zero-order valence-corrected chi connectivity index (χ0v) is 14.9. The van der Waals surface area contributed by atoms with Gasteiger partial charge in [-0.1, -0.05) is 89.5 Å². The molecule has 1 aromatic rings. The number of hydrogen-bond donors (Lipinski definition) is 0. The first-order valence-electron chi connectivity index (χ1n) is 9.95. The van der Waals surface area contributed by atoms with Crippen molar-refractivity contribution >= 4 is 0 Å². The molecule has 2 rings (SSSR count). The number of benzene rings is 1. The van der Waals surface area contributed by atoms with Crippen LogP contribution in [0, 0.1) is 0 Å². The minimum Gasteiger partial charge on any atom is -0.0654 e. The summed E-state index contributed by atoms with van der Waals surface area (Å²) in [6.07, 6.45) is 16.9. The first kappa shape index (κ1) is 17.6. The van der Waals surface area contributed by atoms with Crippen molar-refractivity contribution in [1.29, 1.82) is 0 Å². The Morgan fingerprint density at radius 3 is 1.77 bits per heavy atom. The molecule has 0 N–H and O–H groups in total. The average Bonchev–Trinajstić information content (AvgIpc) is 2.57. The molecule has 0 bridgehead atoms. The lowest BCUT2D eigenvalue weighted by atomic mass is 9.73. The van der Waals surface area contributed by atoms with Crippen LogP contribution >= 0.6 is 0 Å². The summed E-state index contributed by atoms with van der Waals surface area (Å²) >= 11 is 0. The van der Waals surface area contributed by atoms with Crippen LogP contribution in [0.25, 0.3) is 0 Å². The van der Waals surface area contributed by atoms with Crippen LogP contribution in [0.4, 0.5) is 0 Å². The van der Waals surface area contributed by atoms with E-state index in [1.165, 1.54) is 77.0 Å². The Balaban J connectivity index is 1.85. The van der Waals surface area contributed by atoms with Gasteiger partial charge in [0.1, 0.15) is 0 Å². The van der Waals surface area contributed by atoms with Crippen LogP contribution < -0.4 is 0 Å². The Morgan fingerprint density at radius 2 is 1.18 bits per heavy atom. The van der Waals surface area contributed by atoms with Crippen LogP contribution in [0.1, 0.15) is 114 Å². The maximum atomic E-state index is 2.43. The predicted octanol–water partition coefficient (Wildman–Crippen LogP) is 7.59. The average molecular weight is 301 g/mol. The molecule has 22 heavy (non-hydrogen) atoms. The molecule has 1 aliphatic rings. The summed E-state index contributed by atoms with van der Waals surface area (Å²) in [5.74, 6) is 1.69. The van der Waals surface area contributed by atoms with Gasteiger partial charge in [0.2, 0.25) is 0 Å². The Bertz CT molecular complexity index is 406. The fourth-order valence-corrected chi connectivity index (χ4v) is 4.19. The van der Waals surface area contributed by atoms with E-state index in [9.17, 15) is 0 Å². The fourth-order valence-electron chi connectivity index (χ4n) is 4.19. The van der Waals surface area contributed by atoms with Gasteiger partial charge in [-0.25, -0.2) is 0 Å². The Hall–Kier alpha value is -0.780. The zero-order chi connectivity index (χ0) is 15.6. The molecule has 124 valence electrons. The van der Waals surface area contributed by atoms with Crippen LogP contribution in [0.15, 0.2) is 24.3 Å². The van der Waals surface area contributed by atoms with E-state index < -0.39 is 0 Å². The molecule has 0 radical (unpaired) electrons. The molecule has 2 atom stereocenters. The van der Waals surface area contributed by atoms with Crippen molar-refractivity contribution in [3.8, 4) is 0 Å². The first-order chi connectivity index (χ1) is 10.9. The van der Waals surface area contributed by atoms with Crippen molar-refractivity contribution in [2.24, 2.45) is 0 Å². The number of rotatable bonds is 10. The maximum absolute atomic E-state index is 2.43. The second-order valence-electron chi connectivity index (χ2n) is 7.30. The van der Waals surface area contributed by atoms with E-state index >= 15 is 0 Å². The van der Waals surface area contributed by atoms with Crippen molar-refractivity contribution in [3.63, 3.8) is 0 Å². The summed E-state index contributed by atoms with van der Waals surface area (Å²) in [6, 6.07) is 9.36. The van der Waals surface area contributed by atoms with Crippen LogP contribution in [0.5, 0.6) is 0 Å². The normalized spacial score (nSPS) is 20.8. The highest BCUT2D eigenvalue weighted by Gasteiger charge is 2.25. The highest BCUT2D eigenvalue weighted by molar-refractivity contribution is 5.35. The van der Waals surface area contributed by atoms with Gasteiger partial charge in [0, 0.05) is 0 Å². The quantitative estimate of drug-likeness (QED) is 0.390. The van der Waals surface area contributed by atoms with E-state index in [0.717, 1.165) is 11.8 Å². The Morgan fingerprint density at radius 1 is 0.682 bits per heavy atom. The second-order valence-corrected chi connectivity index (χ2v) is 7.30. The van der Waals surface area contributed by atoms with Gasteiger partial charge >= 0.3 is 0 Å². The Kier molecular flexibility index (Phi) is 8.05. The number of unbranched alkanes of at least 4 members (excludes halogenated alkanes) is 6. The van der Waals surface area contributed by atoms with Gasteiger partial charge in [0.25, 0.3) is 0 Å². The van der Waals surface area contributed by atoms with Crippen molar-refractivity contribution in [2.75, 3.05) is 0 Å². The lowest BCUT2D eigenvalue weighted by molar-refractivity contribution is 0.425. The molecule has 0 spiro atoms. The molecule has 0 saturated carbocycles. The zero-order valence-electron chi connectivity index (χ0n) is 14.9. The SMILES string of the molecule is CCCCCCCCC1CCC(CCCC)c2ccccc21. The smallest absolute Gasteiger partial charge is 0.0159 e. The van der Waals surface area contributed by atoms with Crippen molar-refractivity contribution < 1.29 is 0 Å². The lowest BCUT2D eigenvalue weighted by Gasteiger charge is -2.32. The van der Waals surface area contributed by atoms with E-state index in [1.807, 2.05) is 0 Å². The topological polar surface area (TPSA) is 0 Å². The molecule has 0 heteroatoms. The number of fused-ring (bicyclic) bond motifs is 1. The predicted molar refractivity (Wildman–Crippen MR) is 98.7 cm³/mol. The van der Waals surface area contributed by atoms with Crippen molar-refractivity contribution in [3.05, 3.63) is 35.4 Å². The molecule has 1 aliphatic carbocycles. The Labute approximate surface area is 138 Å². The van der Waals surface area contributed by atoms with Crippen LogP contribution in [0.3, 0.4) is 0 Å². The maximum Gasteiger partial charge on any atom is -0.0159 e. The third-order valence-electron chi connectivity index (χ3n) is 5.55. The summed E-state index contributed by atoms with van der Waals surface area (Å²) < 4.78 is 0. The molecule has 0 fully saturated rings. The van der Waals surface area contributed by atoms with Gasteiger partial charge in [-0.05, 0) is 48.6 Å². The van der Waals surface area contributed by atoms with Crippen LogP contribution in [-0.4, -0.2) is 0 Å².